The van der Waals surface area contributed by atoms with Crippen molar-refractivity contribution in [2.24, 2.45) is 5.41 Å². The Kier molecular flexibility index (Phi) is 10.1. The van der Waals surface area contributed by atoms with Gasteiger partial charge in [-0.25, -0.2) is 9.78 Å². The summed E-state index contributed by atoms with van der Waals surface area (Å²) in [6.45, 7) is 12.3. The third-order valence-corrected chi connectivity index (χ3v) is 7.48. The van der Waals surface area contributed by atoms with Gasteiger partial charge in [0.15, 0.2) is 0 Å². The molecule has 0 aliphatic carbocycles. The number of hydrogen-bond donors (Lipinski definition) is 4. The molecule has 1 saturated heterocycles. The number of rotatable bonds is 8. The fourth-order valence-electron chi connectivity index (χ4n) is 4.46. The molecule has 1 aliphatic rings. The van der Waals surface area contributed by atoms with Crippen LogP contribution in [0.4, 0.5) is 4.79 Å². The number of alkyl carbamates (subject to hydrolysis) is 1. The maximum atomic E-state index is 13.7. The van der Waals surface area contributed by atoms with Crippen molar-refractivity contribution < 1.29 is 29.0 Å². The highest BCUT2D eigenvalue weighted by Gasteiger charge is 2.44. The molecule has 4 amide bonds. The van der Waals surface area contributed by atoms with Gasteiger partial charge in [0, 0.05) is 19.5 Å². The lowest BCUT2D eigenvalue weighted by Crippen LogP contribution is -2.58. The summed E-state index contributed by atoms with van der Waals surface area (Å²) < 4.78 is 5.14. The Labute approximate surface area is 245 Å². The van der Waals surface area contributed by atoms with E-state index < -0.39 is 47.1 Å². The topological polar surface area (TPSA) is 150 Å². The molecule has 0 radical (unpaired) electrons. The summed E-state index contributed by atoms with van der Waals surface area (Å²) in [4.78, 5) is 58.2. The second-order valence-corrected chi connectivity index (χ2v) is 13.2. The quantitative estimate of drug-likeness (QED) is 0.371. The van der Waals surface area contributed by atoms with Gasteiger partial charge in [-0.2, -0.15) is 0 Å². The second kappa shape index (κ2) is 13.0. The molecule has 2 aromatic rings. The van der Waals surface area contributed by atoms with E-state index >= 15 is 0 Å². The lowest BCUT2D eigenvalue weighted by Gasteiger charge is -2.35. The van der Waals surface area contributed by atoms with Gasteiger partial charge in [0.25, 0.3) is 0 Å². The monoisotopic (exact) mass is 587 g/mol. The Bertz CT molecular complexity index is 1250. The minimum absolute atomic E-state index is 0.0293. The summed E-state index contributed by atoms with van der Waals surface area (Å²) in [6.07, 6.45) is -1.53. The van der Waals surface area contributed by atoms with Crippen molar-refractivity contribution in [3.05, 3.63) is 41.0 Å². The van der Waals surface area contributed by atoms with E-state index in [9.17, 15) is 24.3 Å². The molecule has 1 aromatic carbocycles. The van der Waals surface area contributed by atoms with Crippen LogP contribution in [0.15, 0.2) is 29.8 Å². The molecule has 1 aliphatic heterocycles. The zero-order chi connectivity index (χ0) is 30.5. The van der Waals surface area contributed by atoms with Crippen LogP contribution in [0.3, 0.4) is 0 Å². The maximum Gasteiger partial charge on any atom is 0.408 e. The minimum atomic E-state index is -1.00. The van der Waals surface area contributed by atoms with Crippen LogP contribution < -0.4 is 16.0 Å². The fourth-order valence-corrected chi connectivity index (χ4v) is 5.27. The molecule has 3 rings (SSSR count). The number of nitrogens with one attached hydrogen (secondary N) is 3. The van der Waals surface area contributed by atoms with Gasteiger partial charge in [0.2, 0.25) is 17.7 Å². The van der Waals surface area contributed by atoms with E-state index in [0.717, 1.165) is 21.7 Å². The molecule has 0 saturated carbocycles. The number of likely N-dealkylation sites (tertiary alicyclic amines) is 1. The first-order valence-electron chi connectivity index (χ1n) is 13.6. The summed E-state index contributed by atoms with van der Waals surface area (Å²) >= 11 is 1.57. The van der Waals surface area contributed by atoms with Gasteiger partial charge in [-0.15, -0.1) is 11.3 Å². The fraction of sp³-hybridized carbons (Fsp3) is 0.552. The summed E-state index contributed by atoms with van der Waals surface area (Å²) in [5.41, 5.74) is 3.26. The molecule has 224 valence electrons. The van der Waals surface area contributed by atoms with E-state index in [1.165, 1.54) is 4.90 Å². The summed E-state index contributed by atoms with van der Waals surface area (Å²) in [5.74, 6) is -1.45. The van der Waals surface area contributed by atoms with Crippen molar-refractivity contribution in [3.8, 4) is 10.4 Å². The van der Waals surface area contributed by atoms with Crippen molar-refractivity contribution in [1.29, 1.82) is 0 Å². The number of benzene rings is 1. The first-order valence-corrected chi connectivity index (χ1v) is 14.4. The number of β-amino-alcohol motifs (C(OH)–C–C–N with tert-alkyl or cyclic N) is 1. The average molecular weight is 588 g/mol. The van der Waals surface area contributed by atoms with Gasteiger partial charge < -0.3 is 30.7 Å². The highest BCUT2D eigenvalue weighted by atomic mass is 32.1. The number of amides is 4. The number of aryl methyl sites for hydroxylation is 1. The van der Waals surface area contributed by atoms with Crippen LogP contribution >= 0.6 is 11.3 Å². The second-order valence-electron chi connectivity index (χ2n) is 12.3. The van der Waals surface area contributed by atoms with Crippen LogP contribution in [0.1, 0.15) is 59.2 Å². The van der Waals surface area contributed by atoms with E-state index in [0.29, 0.717) is 0 Å². The largest absolute Gasteiger partial charge is 0.444 e. The molecule has 4 N–H and O–H groups in total. The Morgan fingerprint density at radius 1 is 1.10 bits per heavy atom. The minimum Gasteiger partial charge on any atom is -0.444 e. The molecule has 1 fully saturated rings. The smallest absolute Gasteiger partial charge is 0.408 e. The number of aliphatic hydroxyl groups is 1. The normalized spacial score (nSPS) is 18.0. The lowest BCUT2D eigenvalue weighted by atomic mass is 9.85. The number of aromatic nitrogens is 1. The summed E-state index contributed by atoms with van der Waals surface area (Å²) in [6, 6.07) is 5.92. The highest BCUT2D eigenvalue weighted by Crippen LogP contribution is 2.28. The molecule has 3 atom stereocenters. The zero-order valence-corrected chi connectivity index (χ0v) is 25.6. The van der Waals surface area contributed by atoms with Crippen LogP contribution in [0.5, 0.6) is 0 Å². The van der Waals surface area contributed by atoms with Crippen LogP contribution in [-0.4, -0.2) is 75.7 Å². The molecule has 1 unspecified atom stereocenters. The molecule has 41 heavy (non-hydrogen) atoms. The van der Waals surface area contributed by atoms with E-state index in [1.807, 2.05) is 31.2 Å². The number of thiazole rings is 1. The molecular formula is C29H41N5O6S. The Balaban J connectivity index is 1.63. The van der Waals surface area contributed by atoms with E-state index in [-0.39, 0.29) is 32.0 Å². The number of ether oxygens (including phenoxy) is 1. The number of carbonyl (C=O) groups excluding carboxylic acids is 4. The predicted octanol–water partition coefficient (Wildman–Crippen LogP) is 2.75. The van der Waals surface area contributed by atoms with Crippen molar-refractivity contribution in [2.75, 3.05) is 13.1 Å². The molecule has 11 nitrogen and oxygen atoms in total. The summed E-state index contributed by atoms with van der Waals surface area (Å²) in [5, 5.41) is 18.3. The van der Waals surface area contributed by atoms with Gasteiger partial charge in [0.1, 0.15) is 24.2 Å². The highest BCUT2D eigenvalue weighted by molar-refractivity contribution is 7.13. The standard InChI is InChI=1S/C29H41N5O6S/c1-17-23(41-16-32-17)19-10-8-18(9-11-19)13-30-25(37)21-12-20(35)15-34(21)26(38)24(28(2,3)4)33-22(36)14-31-27(39)40-29(5,6)7/h8-11,16,20-21,24,35H,12-15H2,1-7H3,(H,30,37)(H,31,39)(H,33,36)/t20-,21+,24?/m1/s1. The van der Waals surface area contributed by atoms with Gasteiger partial charge >= 0.3 is 6.09 Å². The maximum absolute atomic E-state index is 13.7. The molecule has 12 heteroatoms. The first-order chi connectivity index (χ1) is 19.0. The third kappa shape index (κ3) is 8.99. The van der Waals surface area contributed by atoms with Crippen molar-refractivity contribution in [3.63, 3.8) is 0 Å². The van der Waals surface area contributed by atoms with Gasteiger partial charge in [0.05, 0.1) is 22.2 Å². The van der Waals surface area contributed by atoms with Crippen LogP contribution in [0, 0.1) is 12.3 Å². The summed E-state index contributed by atoms with van der Waals surface area (Å²) in [7, 11) is 0. The van der Waals surface area contributed by atoms with E-state index in [2.05, 4.69) is 20.9 Å². The van der Waals surface area contributed by atoms with Crippen molar-refractivity contribution in [1.82, 2.24) is 25.8 Å². The number of nitrogens with zero attached hydrogens (tertiary/aromatic N) is 2. The average Bonchev–Trinajstić information content (AvgIpc) is 3.48. The van der Waals surface area contributed by atoms with E-state index in [4.69, 9.17) is 4.74 Å². The van der Waals surface area contributed by atoms with Crippen LogP contribution in [-0.2, 0) is 25.7 Å². The SMILES string of the molecule is Cc1ncsc1-c1ccc(CNC(=O)[C@@H]2C[C@@H](O)CN2C(=O)C(NC(=O)CNC(=O)OC(C)(C)C)C(C)(C)C)cc1. The predicted molar refractivity (Wildman–Crippen MR) is 156 cm³/mol. The number of carbonyl (C=O) groups is 4. The molecule has 0 bridgehead atoms. The molecule has 1 aromatic heterocycles. The Morgan fingerprint density at radius 2 is 1.76 bits per heavy atom. The van der Waals surface area contributed by atoms with E-state index in [1.54, 1.807) is 58.4 Å². The zero-order valence-electron chi connectivity index (χ0n) is 24.7. The first kappa shape index (κ1) is 32.0. The van der Waals surface area contributed by atoms with Gasteiger partial charge in [-0.1, -0.05) is 45.0 Å². The number of aliphatic hydroxyl groups excluding tert-OH is 1. The van der Waals surface area contributed by atoms with Crippen molar-refractivity contribution >= 4 is 35.2 Å². The van der Waals surface area contributed by atoms with Crippen molar-refractivity contribution in [2.45, 2.75) is 85.2 Å². The van der Waals surface area contributed by atoms with Gasteiger partial charge in [-0.3, -0.25) is 14.4 Å². The molecule has 0 spiro atoms. The number of hydrogen-bond acceptors (Lipinski definition) is 8. The lowest BCUT2D eigenvalue weighted by molar-refractivity contribution is -0.144. The third-order valence-electron chi connectivity index (χ3n) is 6.50. The van der Waals surface area contributed by atoms with Crippen LogP contribution in [0.25, 0.3) is 10.4 Å². The van der Waals surface area contributed by atoms with Crippen LogP contribution in [0.2, 0.25) is 0 Å². The Morgan fingerprint density at radius 3 is 2.32 bits per heavy atom. The van der Waals surface area contributed by atoms with Gasteiger partial charge in [-0.05, 0) is 44.2 Å². The molecular weight excluding hydrogens is 546 g/mol. The molecule has 2 heterocycles. The Hall–Kier alpha value is -3.51.